The van der Waals surface area contributed by atoms with Gasteiger partial charge in [0.25, 0.3) is 5.69 Å². The largest absolute Gasteiger partial charge is 0.277 e. The first-order valence-electron chi connectivity index (χ1n) is 9.52. The molecule has 27 heavy (non-hydrogen) atoms. The Labute approximate surface area is 160 Å². The number of fused-ring (bicyclic) bond motifs is 2. The van der Waals surface area contributed by atoms with Crippen LogP contribution in [0.5, 0.6) is 0 Å². The monoisotopic (exact) mass is 359 g/mol. The molecule has 0 unspecified atom stereocenters. The molecule has 1 aliphatic rings. The van der Waals surface area contributed by atoms with Crippen LogP contribution in [-0.4, -0.2) is 4.92 Å². The van der Waals surface area contributed by atoms with E-state index in [1.54, 1.807) is 6.07 Å². The first kappa shape index (κ1) is 17.7. The summed E-state index contributed by atoms with van der Waals surface area (Å²) in [7, 11) is 0. The number of rotatable bonds is 2. The molecule has 3 heteroatoms. The Bertz CT molecular complexity index is 1060. The van der Waals surface area contributed by atoms with Gasteiger partial charge in [-0.15, -0.1) is 0 Å². The number of nitro benzene ring substituents is 1. The van der Waals surface area contributed by atoms with Crippen LogP contribution in [0.25, 0.3) is 21.9 Å². The van der Waals surface area contributed by atoms with Crippen LogP contribution in [0.1, 0.15) is 51.7 Å². The Morgan fingerprint density at radius 2 is 1.41 bits per heavy atom. The number of nitrogens with zero attached hydrogens (tertiary/aromatic N) is 1. The van der Waals surface area contributed by atoms with E-state index in [1.165, 1.54) is 11.1 Å². The summed E-state index contributed by atoms with van der Waals surface area (Å²) >= 11 is 0. The van der Waals surface area contributed by atoms with Crippen molar-refractivity contribution in [3.63, 3.8) is 0 Å². The van der Waals surface area contributed by atoms with Crippen molar-refractivity contribution in [3.05, 3.63) is 75.8 Å². The van der Waals surface area contributed by atoms with Gasteiger partial charge < -0.3 is 0 Å². The van der Waals surface area contributed by atoms with Crippen molar-refractivity contribution in [2.24, 2.45) is 0 Å². The maximum Gasteiger partial charge on any atom is 0.277 e. The molecule has 0 amide bonds. The second kappa shape index (κ2) is 5.91. The van der Waals surface area contributed by atoms with Gasteiger partial charge in [-0.3, -0.25) is 10.1 Å². The van der Waals surface area contributed by atoms with Gasteiger partial charge >= 0.3 is 0 Å². The van der Waals surface area contributed by atoms with Crippen LogP contribution in [0.4, 0.5) is 5.69 Å². The lowest BCUT2D eigenvalue weighted by Crippen LogP contribution is -2.33. The van der Waals surface area contributed by atoms with Crippen molar-refractivity contribution < 1.29 is 4.92 Å². The lowest BCUT2D eigenvalue weighted by atomic mass is 9.63. The minimum absolute atomic E-state index is 0.0759. The molecule has 0 saturated heterocycles. The molecular weight excluding hydrogens is 334 g/mol. The molecule has 0 aromatic heterocycles. The summed E-state index contributed by atoms with van der Waals surface area (Å²) < 4.78 is 0. The summed E-state index contributed by atoms with van der Waals surface area (Å²) in [6.45, 7) is 9.14. The molecular formula is C24H25NO2. The van der Waals surface area contributed by atoms with Crippen LogP contribution in [-0.2, 0) is 10.8 Å². The van der Waals surface area contributed by atoms with Crippen molar-refractivity contribution in [2.75, 3.05) is 0 Å². The average molecular weight is 359 g/mol. The molecule has 0 bridgehead atoms. The third kappa shape index (κ3) is 2.91. The summed E-state index contributed by atoms with van der Waals surface area (Å²) in [5, 5.41) is 13.7. The quantitative estimate of drug-likeness (QED) is 0.374. The smallest absolute Gasteiger partial charge is 0.258 e. The highest BCUT2D eigenvalue weighted by atomic mass is 16.6. The summed E-state index contributed by atoms with van der Waals surface area (Å²) in [5.74, 6) is 0. The summed E-state index contributed by atoms with van der Waals surface area (Å²) in [6.07, 6.45) is 2.28. The van der Waals surface area contributed by atoms with E-state index in [2.05, 4.69) is 45.9 Å². The number of hydrogen-bond donors (Lipinski definition) is 0. The van der Waals surface area contributed by atoms with Gasteiger partial charge in [-0.1, -0.05) is 70.2 Å². The molecule has 0 aliphatic heterocycles. The fraction of sp³-hybridized carbons (Fsp3) is 0.333. The van der Waals surface area contributed by atoms with Crippen molar-refractivity contribution >= 4 is 16.5 Å². The predicted octanol–water partition coefficient (Wildman–Crippen LogP) is 6.76. The second-order valence-corrected chi connectivity index (χ2v) is 9.00. The number of hydrogen-bond acceptors (Lipinski definition) is 2. The molecule has 0 saturated carbocycles. The van der Waals surface area contributed by atoms with Crippen molar-refractivity contribution in [2.45, 2.75) is 51.4 Å². The molecule has 0 radical (unpaired) electrons. The normalized spacial score (nSPS) is 17.5. The molecule has 3 aromatic carbocycles. The zero-order valence-corrected chi connectivity index (χ0v) is 16.4. The zero-order valence-electron chi connectivity index (χ0n) is 16.4. The highest BCUT2D eigenvalue weighted by Gasteiger charge is 2.37. The van der Waals surface area contributed by atoms with Crippen LogP contribution < -0.4 is 0 Å². The van der Waals surface area contributed by atoms with Crippen LogP contribution in [0.3, 0.4) is 0 Å². The van der Waals surface area contributed by atoms with Gasteiger partial charge in [-0.25, -0.2) is 0 Å². The predicted molar refractivity (Wildman–Crippen MR) is 111 cm³/mol. The van der Waals surface area contributed by atoms with Gasteiger partial charge in [0.1, 0.15) is 0 Å². The van der Waals surface area contributed by atoms with Crippen molar-refractivity contribution in [1.82, 2.24) is 0 Å². The van der Waals surface area contributed by atoms with Gasteiger partial charge in [0, 0.05) is 6.07 Å². The van der Waals surface area contributed by atoms with E-state index < -0.39 is 0 Å². The van der Waals surface area contributed by atoms with Crippen LogP contribution >= 0.6 is 0 Å². The number of nitro groups is 1. The van der Waals surface area contributed by atoms with E-state index in [1.807, 2.05) is 30.3 Å². The van der Waals surface area contributed by atoms with Gasteiger partial charge in [0.05, 0.1) is 10.5 Å². The average Bonchev–Trinajstić information content (AvgIpc) is 2.64. The Hall–Kier alpha value is -2.68. The summed E-state index contributed by atoms with van der Waals surface area (Å²) in [4.78, 5) is 11.5. The molecule has 0 N–H and O–H groups in total. The summed E-state index contributed by atoms with van der Waals surface area (Å²) in [6, 6.07) is 17.9. The van der Waals surface area contributed by atoms with E-state index >= 15 is 0 Å². The van der Waals surface area contributed by atoms with E-state index in [9.17, 15) is 10.1 Å². The van der Waals surface area contributed by atoms with Crippen LogP contribution in [0, 0.1) is 10.1 Å². The molecule has 138 valence electrons. The lowest BCUT2D eigenvalue weighted by Gasteiger charge is -2.42. The first-order chi connectivity index (χ1) is 12.7. The van der Waals surface area contributed by atoms with Gasteiger partial charge in [-0.05, 0) is 57.2 Å². The Kier molecular flexibility index (Phi) is 3.88. The summed E-state index contributed by atoms with van der Waals surface area (Å²) in [5.41, 5.74) is 4.69. The van der Waals surface area contributed by atoms with Crippen LogP contribution in [0.15, 0.2) is 54.6 Å². The molecule has 1 aliphatic carbocycles. The minimum Gasteiger partial charge on any atom is -0.258 e. The van der Waals surface area contributed by atoms with E-state index in [0.717, 1.165) is 29.2 Å². The van der Waals surface area contributed by atoms with Crippen LogP contribution in [0.2, 0.25) is 0 Å². The first-order valence-corrected chi connectivity index (χ1v) is 9.52. The zero-order chi connectivity index (χ0) is 19.4. The minimum atomic E-state index is -0.268. The fourth-order valence-electron chi connectivity index (χ4n) is 4.37. The van der Waals surface area contributed by atoms with Gasteiger partial charge in [-0.2, -0.15) is 0 Å². The fourth-order valence-corrected chi connectivity index (χ4v) is 4.37. The third-order valence-electron chi connectivity index (χ3n) is 6.22. The van der Waals surface area contributed by atoms with Gasteiger partial charge in [0.15, 0.2) is 0 Å². The van der Waals surface area contributed by atoms with Crippen molar-refractivity contribution in [3.8, 4) is 11.1 Å². The second-order valence-electron chi connectivity index (χ2n) is 9.00. The number of benzene rings is 3. The highest BCUT2D eigenvalue weighted by Crippen LogP contribution is 2.47. The molecule has 0 spiro atoms. The molecule has 3 nitrogen and oxygen atoms in total. The SMILES string of the molecule is CC1(C)CCC(C)(C)c2cc(-c3cc4ccccc4cc3[N+](=O)[O-])ccc21. The maximum atomic E-state index is 11.8. The van der Waals surface area contributed by atoms with Gasteiger partial charge in [0.2, 0.25) is 0 Å². The van der Waals surface area contributed by atoms with Crippen molar-refractivity contribution in [1.29, 1.82) is 0 Å². The Morgan fingerprint density at radius 3 is 2.04 bits per heavy atom. The maximum absolute atomic E-state index is 11.8. The third-order valence-corrected chi connectivity index (χ3v) is 6.22. The van der Waals surface area contributed by atoms with E-state index in [0.29, 0.717) is 5.56 Å². The topological polar surface area (TPSA) is 43.1 Å². The van der Waals surface area contributed by atoms with E-state index in [4.69, 9.17) is 0 Å². The molecule has 0 atom stereocenters. The Morgan fingerprint density at radius 1 is 0.815 bits per heavy atom. The standard InChI is InChI=1S/C24H25NO2/c1-23(2)11-12-24(3,4)21-14-18(9-10-20(21)23)19-13-16-7-5-6-8-17(16)15-22(19)25(26)27/h5-10,13-15H,11-12H2,1-4H3. The molecule has 3 aromatic rings. The molecule has 0 fully saturated rings. The highest BCUT2D eigenvalue weighted by molar-refractivity contribution is 5.92. The molecule has 4 rings (SSSR count). The van der Waals surface area contributed by atoms with E-state index in [-0.39, 0.29) is 21.4 Å². The molecule has 0 heterocycles. The Balaban J connectivity index is 1.97. The lowest BCUT2D eigenvalue weighted by molar-refractivity contribution is -0.384.